The van der Waals surface area contributed by atoms with Gasteiger partial charge in [-0.3, -0.25) is 5.10 Å². The number of ether oxygens (including phenoxy) is 1. The van der Waals surface area contributed by atoms with Gasteiger partial charge in [0.15, 0.2) is 0 Å². The monoisotopic (exact) mass is 249 g/mol. The van der Waals surface area contributed by atoms with E-state index in [9.17, 15) is 0 Å². The Morgan fingerprint density at radius 1 is 1.39 bits per heavy atom. The van der Waals surface area contributed by atoms with Crippen molar-refractivity contribution in [3.63, 3.8) is 0 Å². The normalized spacial score (nSPS) is 26.8. The molecule has 2 fully saturated rings. The summed E-state index contributed by atoms with van der Waals surface area (Å²) in [6.07, 6.45) is 5.71. The SMILES string of the molecule is Cc1cn[nH]c1C1CCN(C[C@H]2CCOC2)CC1. The van der Waals surface area contributed by atoms with Crippen LogP contribution in [0, 0.1) is 12.8 Å². The summed E-state index contributed by atoms with van der Waals surface area (Å²) in [5, 5.41) is 7.32. The Morgan fingerprint density at radius 2 is 2.22 bits per heavy atom. The molecule has 3 heterocycles. The van der Waals surface area contributed by atoms with E-state index in [0.717, 1.165) is 19.1 Å². The first kappa shape index (κ1) is 12.2. The molecule has 0 radical (unpaired) electrons. The lowest BCUT2D eigenvalue weighted by molar-refractivity contribution is 0.151. The molecule has 0 aromatic carbocycles. The molecule has 1 aromatic heterocycles. The van der Waals surface area contributed by atoms with Gasteiger partial charge in [0, 0.05) is 24.8 Å². The standard InChI is InChI=1S/C14H23N3O/c1-11-8-15-16-14(11)13-2-5-17(6-3-13)9-12-4-7-18-10-12/h8,12-13H,2-7,9-10H2,1H3,(H,15,16)/t12-/m1/s1. The average molecular weight is 249 g/mol. The molecular formula is C14H23N3O. The van der Waals surface area contributed by atoms with Gasteiger partial charge in [-0.05, 0) is 50.8 Å². The van der Waals surface area contributed by atoms with E-state index in [-0.39, 0.29) is 0 Å². The van der Waals surface area contributed by atoms with Crippen molar-refractivity contribution < 1.29 is 4.74 Å². The van der Waals surface area contributed by atoms with Gasteiger partial charge in [0.25, 0.3) is 0 Å². The third-order valence-corrected chi connectivity index (χ3v) is 4.40. The summed E-state index contributed by atoms with van der Waals surface area (Å²) in [6, 6.07) is 0. The Balaban J connectivity index is 1.50. The topological polar surface area (TPSA) is 41.2 Å². The summed E-state index contributed by atoms with van der Waals surface area (Å²) >= 11 is 0. The second kappa shape index (κ2) is 5.41. The van der Waals surface area contributed by atoms with Crippen LogP contribution >= 0.6 is 0 Å². The fourth-order valence-electron chi connectivity index (χ4n) is 3.27. The molecule has 4 nitrogen and oxygen atoms in total. The fourth-order valence-corrected chi connectivity index (χ4v) is 3.27. The number of hydrogen-bond acceptors (Lipinski definition) is 3. The van der Waals surface area contributed by atoms with Crippen LogP contribution in [-0.2, 0) is 4.74 Å². The first-order valence-electron chi connectivity index (χ1n) is 7.13. The number of piperidine rings is 1. The van der Waals surface area contributed by atoms with Crippen LogP contribution in [0.25, 0.3) is 0 Å². The number of H-pyrrole nitrogens is 1. The van der Waals surface area contributed by atoms with Crippen molar-refractivity contribution in [1.29, 1.82) is 0 Å². The van der Waals surface area contributed by atoms with Gasteiger partial charge in [-0.1, -0.05) is 0 Å². The lowest BCUT2D eigenvalue weighted by Crippen LogP contribution is -2.36. The first-order chi connectivity index (χ1) is 8.83. The molecular weight excluding hydrogens is 226 g/mol. The lowest BCUT2D eigenvalue weighted by atomic mass is 9.91. The predicted molar refractivity (Wildman–Crippen MR) is 70.7 cm³/mol. The molecule has 0 aliphatic carbocycles. The smallest absolute Gasteiger partial charge is 0.0519 e. The third-order valence-electron chi connectivity index (χ3n) is 4.40. The second-order valence-corrected chi connectivity index (χ2v) is 5.77. The summed E-state index contributed by atoms with van der Waals surface area (Å²) in [5.74, 6) is 1.46. The number of likely N-dealkylation sites (tertiary alicyclic amines) is 1. The highest BCUT2D eigenvalue weighted by atomic mass is 16.5. The van der Waals surface area contributed by atoms with E-state index in [4.69, 9.17) is 4.74 Å². The van der Waals surface area contributed by atoms with Gasteiger partial charge in [0.05, 0.1) is 12.8 Å². The number of hydrogen-bond donors (Lipinski definition) is 1. The Morgan fingerprint density at radius 3 is 2.83 bits per heavy atom. The minimum atomic E-state index is 0.684. The average Bonchev–Trinajstić information content (AvgIpc) is 3.02. The zero-order valence-corrected chi connectivity index (χ0v) is 11.2. The van der Waals surface area contributed by atoms with Crippen LogP contribution < -0.4 is 0 Å². The van der Waals surface area contributed by atoms with Gasteiger partial charge in [-0.2, -0.15) is 5.10 Å². The van der Waals surface area contributed by atoms with E-state index < -0.39 is 0 Å². The minimum absolute atomic E-state index is 0.684. The molecule has 2 aliphatic heterocycles. The largest absolute Gasteiger partial charge is 0.381 e. The second-order valence-electron chi connectivity index (χ2n) is 5.77. The molecule has 0 saturated carbocycles. The number of nitrogens with one attached hydrogen (secondary N) is 1. The Kier molecular flexibility index (Phi) is 3.66. The van der Waals surface area contributed by atoms with Crippen molar-refractivity contribution in [3.8, 4) is 0 Å². The van der Waals surface area contributed by atoms with Gasteiger partial charge >= 0.3 is 0 Å². The minimum Gasteiger partial charge on any atom is -0.381 e. The Hall–Kier alpha value is -0.870. The van der Waals surface area contributed by atoms with E-state index in [0.29, 0.717) is 5.92 Å². The van der Waals surface area contributed by atoms with Crippen molar-refractivity contribution in [2.24, 2.45) is 5.92 Å². The van der Waals surface area contributed by atoms with Crippen LogP contribution in [-0.4, -0.2) is 47.9 Å². The molecule has 18 heavy (non-hydrogen) atoms. The maximum Gasteiger partial charge on any atom is 0.0519 e. The summed E-state index contributed by atoms with van der Waals surface area (Å²) in [5.41, 5.74) is 2.68. The van der Waals surface area contributed by atoms with Crippen molar-refractivity contribution in [2.45, 2.75) is 32.1 Å². The summed E-state index contributed by atoms with van der Waals surface area (Å²) < 4.78 is 5.45. The van der Waals surface area contributed by atoms with Crippen LogP contribution in [0.2, 0.25) is 0 Å². The summed E-state index contributed by atoms with van der Waals surface area (Å²) in [4.78, 5) is 2.61. The van der Waals surface area contributed by atoms with Crippen LogP contribution in [0.3, 0.4) is 0 Å². The van der Waals surface area contributed by atoms with Crippen LogP contribution in [0.15, 0.2) is 6.20 Å². The molecule has 100 valence electrons. The molecule has 1 N–H and O–H groups in total. The summed E-state index contributed by atoms with van der Waals surface area (Å²) in [7, 11) is 0. The lowest BCUT2D eigenvalue weighted by Gasteiger charge is -2.33. The van der Waals surface area contributed by atoms with Crippen molar-refractivity contribution in [3.05, 3.63) is 17.5 Å². The number of aromatic amines is 1. The van der Waals surface area contributed by atoms with Crippen molar-refractivity contribution in [1.82, 2.24) is 15.1 Å². The molecule has 1 atom stereocenters. The maximum absolute atomic E-state index is 5.45. The van der Waals surface area contributed by atoms with E-state index in [1.165, 1.54) is 50.2 Å². The van der Waals surface area contributed by atoms with Crippen LogP contribution in [0.5, 0.6) is 0 Å². The zero-order chi connectivity index (χ0) is 12.4. The highest BCUT2D eigenvalue weighted by molar-refractivity contribution is 5.19. The number of nitrogens with zero attached hydrogens (tertiary/aromatic N) is 2. The highest BCUT2D eigenvalue weighted by Crippen LogP contribution is 2.29. The molecule has 0 spiro atoms. The zero-order valence-electron chi connectivity index (χ0n) is 11.2. The van der Waals surface area contributed by atoms with Gasteiger partial charge in [-0.15, -0.1) is 0 Å². The molecule has 3 rings (SSSR count). The van der Waals surface area contributed by atoms with Crippen molar-refractivity contribution >= 4 is 0 Å². The summed E-state index contributed by atoms with van der Waals surface area (Å²) in [6.45, 7) is 7.77. The molecule has 0 bridgehead atoms. The van der Waals surface area contributed by atoms with E-state index in [1.807, 2.05) is 6.20 Å². The van der Waals surface area contributed by atoms with Gasteiger partial charge < -0.3 is 9.64 Å². The Labute approximate surface area is 109 Å². The predicted octanol–water partition coefficient (Wildman–Crippen LogP) is 1.93. The molecule has 4 heteroatoms. The number of rotatable bonds is 3. The molecule has 2 aliphatic rings. The van der Waals surface area contributed by atoms with E-state index in [2.05, 4.69) is 22.0 Å². The number of aromatic nitrogens is 2. The van der Waals surface area contributed by atoms with Crippen LogP contribution in [0.4, 0.5) is 0 Å². The molecule has 1 aromatic rings. The number of aryl methyl sites for hydroxylation is 1. The van der Waals surface area contributed by atoms with E-state index >= 15 is 0 Å². The highest BCUT2D eigenvalue weighted by Gasteiger charge is 2.25. The quantitative estimate of drug-likeness (QED) is 0.890. The Bertz CT molecular complexity index is 376. The fraction of sp³-hybridized carbons (Fsp3) is 0.786. The molecule has 0 amide bonds. The first-order valence-corrected chi connectivity index (χ1v) is 7.13. The van der Waals surface area contributed by atoms with Crippen LogP contribution in [0.1, 0.15) is 36.4 Å². The third kappa shape index (κ3) is 2.59. The molecule has 2 saturated heterocycles. The van der Waals surface area contributed by atoms with Gasteiger partial charge in [0.2, 0.25) is 0 Å². The van der Waals surface area contributed by atoms with Gasteiger partial charge in [-0.25, -0.2) is 0 Å². The van der Waals surface area contributed by atoms with Crippen molar-refractivity contribution in [2.75, 3.05) is 32.8 Å². The van der Waals surface area contributed by atoms with E-state index in [1.54, 1.807) is 0 Å². The van der Waals surface area contributed by atoms with Gasteiger partial charge in [0.1, 0.15) is 0 Å². The maximum atomic E-state index is 5.45. The molecule has 0 unspecified atom stereocenters.